The van der Waals surface area contributed by atoms with E-state index in [0.29, 0.717) is 17.1 Å². The maximum Gasteiger partial charge on any atom is 0.289 e. The first-order chi connectivity index (χ1) is 10.6. The molecule has 1 saturated carbocycles. The Kier molecular flexibility index (Phi) is 4.22. The van der Waals surface area contributed by atoms with Gasteiger partial charge >= 0.3 is 0 Å². The summed E-state index contributed by atoms with van der Waals surface area (Å²) in [5.74, 6) is 0.0451. The van der Waals surface area contributed by atoms with Crippen LogP contribution in [-0.2, 0) is 0 Å². The van der Waals surface area contributed by atoms with Crippen LogP contribution >= 0.6 is 0 Å². The van der Waals surface area contributed by atoms with Crippen molar-refractivity contribution in [2.75, 3.05) is 0 Å². The van der Waals surface area contributed by atoms with E-state index in [2.05, 4.69) is 10.3 Å². The van der Waals surface area contributed by atoms with E-state index in [9.17, 15) is 9.18 Å². The molecule has 2 aromatic rings. The zero-order valence-corrected chi connectivity index (χ0v) is 12.6. The quantitative estimate of drug-likeness (QED) is 0.937. The van der Waals surface area contributed by atoms with Gasteiger partial charge in [0.05, 0.1) is 5.69 Å². The minimum Gasteiger partial charge on any atom is -0.431 e. The zero-order chi connectivity index (χ0) is 15.5. The maximum absolute atomic E-state index is 13.0. The van der Waals surface area contributed by atoms with Crippen LogP contribution in [0.3, 0.4) is 0 Å². The number of aromatic nitrogens is 1. The fourth-order valence-corrected chi connectivity index (χ4v) is 2.82. The Hall–Kier alpha value is -2.17. The van der Waals surface area contributed by atoms with Gasteiger partial charge in [0.15, 0.2) is 0 Å². The summed E-state index contributed by atoms with van der Waals surface area (Å²) in [6, 6.07) is 6.08. The Morgan fingerprint density at radius 1 is 1.23 bits per heavy atom. The number of carbonyl (C=O) groups excluding carboxylic acids is 1. The van der Waals surface area contributed by atoms with E-state index >= 15 is 0 Å². The van der Waals surface area contributed by atoms with E-state index in [-0.39, 0.29) is 23.5 Å². The second-order valence-electron chi connectivity index (χ2n) is 5.75. The molecule has 1 aliphatic carbocycles. The van der Waals surface area contributed by atoms with E-state index in [1.807, 2.05) is 0 Å². The number of nitrogens with one attached hydrogen (secondary N) is 1. The van der Waals surface area contributed by atoms with Gasteiger partial charge in [0, 0.05) is 11.6 Å². The molecule has 0 saturated heterocycles. The number of hydrogen-bond acceptors (Lipinski definition) is 3. The van der Waals surface area contributed by atoms with Crippen LogP contribution < -0.4 is 5.32 Å². The molecule has 1 amide bonds. The number of aryl methyl sites for hydroxylation is 1. The molecule has 0 spiro atoms. The molecule has 4 nitrogen and oxygen atoms in total. The first-order valence-electron chi connectivity index (χ1n) is 7.68. The van der Waals surface area contributed by atoms with Crippen LogP contribution in [0.15, 0.2) is 28.7 Å². The SMILES string of the molecule is Cc1nc(-c2ccc(F)cc2)oc1C(=O)NC1CCCCC1. The Morgan fingerprint density at radius 3 is 2.59 bits per heavy atom. The minimum absolute atomic E-state index is 0.217. The molecule has 116 valence electrons. The highest BCUT2D eigenvalue weighted by atomic mass is 19.1. The van der Waals surface area contributed by atoms with Gasteiger partial charge in [-0.2, -0.15) is 0 Å². The fraction of sp³-hybridized carbons (Fsp3) is 0.412. The van der Waals surface area contributed by atoms with Crippen molar-refractivity contribution < 1.29 is 13.6 Å². The molecule has 0 aliphatic heterocycles. The number of halogens is 1. The van der Waals surface area contributed by atoms with Crippen LogP contribution in [0.5, 0.6) is 0 Å². The number of amides is 1. The summed E-state index contributed by atoms with van der Waals surface area (Å²) < 4.78 is 18.6. The lowest BCUT2D eigenvalue weighted by molar-refractivity contribution is 0.0899. The molecule has 5 heteroatoms. The Morgan fingerprint density at radius 2 is 1.91 bits per heavy atom. The van der Waals surface area contributed by atoms with Gasteiger partial charge in [-0.3, -0.25) is 4.79 Å². The van der Waals surface area contributed by atoms with Crippen molar-refractivity contribution in [1.82, 2.24) is 10.3 Å². The summed E-state index contributed by atoms with van der Waals surface area (Å²) in [6.45, 7) is 1.74. The highest BCUT2D eigenvalue weighted by Crippen LogP contribution is 2.23. The van der Waals surface area contributed by atoms with Crippen molar-refractivity contribution >= 4 is 5.91 Å². The van der Waals surface area contributed by atoms with Crippen molar-refractivity contribution in [3.63, 3.8) is 0 Å². The van der Waals surface area contributed by atoms with Crippen molar-refractivity contribution in [3.05, 3.63) is 41.5 Å². The predicted molar refractivity (Wildman–Crippen MR) is 81.0 cm³/mol. The van der Waals surface area contributed by atoms with Crippen LogP contribution in [-0.4, -0.2) is 16.9 Å². The van der Waals surface area contributed by atoms with Gasteiger partial charge in [0.1, 0.15) is 5.82 Å². The van der Waals surface area contributed by atoms with Crippen molar-refractivity contribution in [2.24, 2.45) is 0 Å². The molecule has 1 fully saturated rings. The normalized spacial score (nSPS) is 15.7. The lowest BCUT2D eigenvalue weighted by atomic mass is 9.95. The second kappa shape index (κ2) is 6.30. The number of oxazole rings is 1. The third kappa shape index (κ3) is 3.18. The van der Waals surface area contributed by atoms with Gasteiger partial charge in [-0.05, 0) is 44.0 Å². The molecule has 3 rings (SSSR count). The molecule has 1 aromatic heterocycles. The van der Waals surface area contributed by atoms with Crippen LogP contribution in [0, 0.1) is 12.7 Å². The molecule has 0 bridgehead atoms. The predicted octanol–water partition coefficient (Wildman–Crippen LogP) is 3.85. The summed E-state index contributed by atoms with van der Waals surface area (Å²) in [5, 5.41) is 3.02. The summed E-state index contributed by atoms with van der Waals surface area (Å²) in [6.07, 6.45) is 5.58. The van der Waals surface area contributed by atoms with Crippen molar-refractivity contribution in [2.45, 2.75) is 45.1 Å². The van der Waals surface area contributed by atoms with Crippen LogP contribution in [0.4, 0.5) is 4.39 Å². The van der Waals surface area contributed by atoms with Gasteiger partial charge in [-0.1, -0.05) is 19.3 Å². The molecule has 1 aromatic carbocycles. The first-order valence-corrected chi connectivity index (χ1v) is 7.68. The average molecular weight is 302 g/mol. The molecule has 0 unspecified atom stereocenters. The zero-order valence-electron chi connectivity index (χ0n) is 12.6. The first kappa shape index (κ1) is 14.8. The fourth-order valence-electron chi connectivity index (χ4n) is 2.82. The standard InChI is InChI=1S/C17H19FN2O2/c1-11-15(16(21)20-14-5-3-2-4-6-14)22-17(19-11)12-7-9-13(18)10-8-12/h7-10,14H,2-6H2,1H3,(H,20,21). The summed E-state index contributed by atoms with van der Waals surface area (Å²) in [4.78, 5) is 16.6. The minimum atomic E-state index is -0.317. The monoisotopic (exact) mass is 302 g/mol. The van der Waals surface area contributed by atoms with E-state index in [1.54, 1.807) is 19.1 Å². The summed E-state index contributed by atoms with van der Waals surface area (Å²) in [5.41, 5.74) is 1.20. The number of carbonyl (C=O) groups is 1. The van der Waals surface area contributed by atoms with E-state index < -0.39 is 0 Å². The molecule has 1 heterocycles. The maximum atomic E-state index is 13.0. The third-order valence-electron chi connectivity index (χ3n) is 4.03. The van der Waals surface area contributed by atoms with Gasteiger partial charge in [0.2, 0.25) is 11.7 Å². The van der Waals surface area contributed by atoms with E-state index in [0.717, 1.165) is 25.7 Å². The van der Waals surface area contributed by atoms with Crippen molar-refractivity contribution in [3.8, 4) is 11.5 Å². The lowest BCUT2D eigenvalue weighted by Gasteiger charge is -2.22. The Labute approximate surface area is 128 Å². The van der Waals surface area contributed by atoms with Crippen LogP contribution in [0.25, 0.3) is 11.5 Å². The third-order valence-corrected chi connectivity index (χ3v) is 4.03. The molecule has 1 N–H and O–H groups in total. The smallest absolute Gasteiger partial charge is 0.289 e. The molecular weight excluding hydrogens is 283 g/mol. The molecule has 22 heavy (non-hydrogen) atoms. The highest BCUT2D eigenvalue weighted by Gasteiger charge is 2.22. The molecule has 0 radical (unpaired) electrons. The highest BCUT2D eigenvalue weighted by molar-refractivity contribution is 5.93. The summed E-state index contributed by atoms with van der Waals surface area (Å²) in [7, 11) is 0. The topological polar surface area (TPSA) is 55.1 Å². The Balaban J connectivity index is 1.76. The van der Waals surface area contributed by atoms with Gasteiger partial charge in [-0.25, -0.2) is 9.37 Å². The average Bonchev–Trinajstić information content (AvgIpc) is 2.91. The number of hydrogen-bond donors (Lipinski definition) is 1. The second-order valence-corrected chi connectivity index (χ2v) is 5.75. The lowest BCUT2D eigenvalue weighted by Crippen LogP contribution is -2.36. The van der Waals surface area contributed by atoms with E-state index in [1.165, 1.54) is 18.6 Å². The number of nitrogens with zero attached hydrogens (tertiary/aromatic N) is 1. The number of rotatable bonds is 3. The number of benzene rings is 1. The van der Waals surface area contributed by atoms with Crippen LogP contribution in [0.2, 0.25) is 0 Å². The molecule has 0 atom stereocenters. The molecular formula is C17H19FN2O2. The van der Waals surface area contributed by atoms with Crippen LogP contribution in [0.1, 0.15) is 48.4 Å². The van der Waals surface area contributed by atoms with Gasteiger partial charge in [-0.15, -0.1) is 0 Å². The van der Waals surface area contributed by atoms with Gasteiger partial charge in [0.25, 0.3) is 5.91 Å². The molecule has 1 aliphatic rings. The van der Waals surface area contributed by atoms with Crippen molar-refractivity contribution in [1.29, 1.82) is 0 Å². The summed E-state index contributed by atoms with van der Waals surface area (Å²) >= 11 is 0. The largest absolute Gasteiger partial charge is 0.431 e. The van der Waals surface area contributed by atoms with Gasteiger partial charge < -0.3 is 9.73 Å². The Bertz CT molecular complexity index is 658. The van der Waals surface area contributed by atoms with E-state index in [4.69, 9.17) is 4.42 Å².